The van der Waals surface area contributed by atoms with Crippen LogP contribution in [0, 0.1) is 0 Å². The van der Waals surface area contributed by atoms with Crippen LogP contribution in [0.2, 0.25) is 0 Å². The average molecular weight is 381 g/mol. The third-order valence-corrected chi connectivity index (χ3v) is 5.30. The molecule has 0 fully saturated rings. The Balaban J connectivity index is 1.88. The molecule has 0 radical (unpaired) electrons. The lowest BCUT2D eigenvalue weighted by atomic mass is 10.1. The fraction of sp³-hybridized carbons (Fsp3) is 0.167. The van der Waals surface area contributed by atoms with E-state index in [1.165, 1.54) is 34.8 Å². The molecular weight excluding hydrogens is 367 g/mol. The molecule has 3 aromatic rings. The number of rotatable bonds is 5. The van der Waals surface area contributed by atoms with Crippen LogP contribution >= 0.6 is 22.7 Å². The molecule has 0 bridgehead atoms. The molecule has 0 aliphatic rings. The van der Waals surface area contributed by atoms with Crippen LogP contribution in [0.25, 0.3) is 0 Å². The highest BCUT2D eigenvalue weighted by atomic mass is 32.1. The Kier molecular flexibility index (Phi) is 5.24. The number of amides is 1. The summed E-state index contributed by atoms with van der Waals surface area (Å²) in [5.41, 5.74) is -0.770. The molecule has 0 unspecified atom stereocenters. The predicted molar refractivity (Wildman–Crippen MR) is 93.7 cm³/mol. The number of thiophene rings is 2. The summed E-state index contributed by atoms with van der Waals surface area (Å²) in [6.07, 6.45) is -4.47. The maximum atomic E-state index is 12.9. The van der Waals surface area contributed by atoms with Crippen LogP contribution in [-0.4, -0.2) is 10.8 Å². The van der Waals surface area contributed by atoms with E-state index in [0.717, 1.165) is 21.9 Å². The minimum absolute atomic E-state index is 0.0444. The fourth-order valence-electron chi connectivity index (χ4n) is 2.39. The van der Waals surface area contributed by atoms with Crippen molar-refractivity contribution in [3.63, 3.8) is 0 Å². The van der Waals surface area contributed by atoms with Gasteiger partial charge in [-0.15, -0.1) is 22.7 Å². The van der Waals surface area contributed by atoms with Crippen LogP contribution < -0.4 is 0 Å². The van der Waals surface area contributed by atoms with E-state index in [1.807, 2.05) is 35.0 Å². The lowest BCUT2D eigenvalue weighted by Crippen LogP contribution is -2.29. The van der Waals surface area contributed by atoms with Crippen molar-refractivity contribution in [2.45, 2.75) is 19.3 Å². The van der Waals surface area contributed by atoms with Crippen LogP contribution in [0.3, 0.4) is 0 Å². The van der Waals surface area contributed by atoms with E-state index in [0.29, 0.717) is 13.1 Å². The molecule has 0 aliphatic heterocycles. The first-order valence-corrected chi connectivity index (χ1v) is 9.21. The Morgan fingerprint density at radius 2 is 1.52 bits per heavy atom. The highest BCUT2D eigenvalue weighted by Crippen LogP contribution is 2.30. The van der Waals surface area contributed by atoms with Crippen LogP contribution in [0.4, 0.5) is 13.2 Å². The van der Waals surface area contributed by atoms with Gasteiger partial charge in [-0.2, -0.15) is 13.2 Å². The maximum absolute atomic E-state index is 12.9. The first kappa shape index (κ1) is 17.7. The quantitative estimate of drug-likeness (QED) is 0.557. The number of alkyl halides is 3. The van der Waals surface area contributed by atoms with E-state index in [9.17, 15) is 18.0 Å². The number of carbonyl (C=O) groups is 1. The molecule has 0 aliphatic carbocycles. The number of benzene rings is 1. The zero-order chi connectivity index (χ0) is 17.9. The zero-order valence-corrected chi connectivity index (χ0v) is 14.6. The molecule has 0 saturated heterocycles. The van der Waals surface area contributed by atoms with Crippen molar-refractivity contribution in [1.82, 2.24) is 4.90 Å². The van der Waals surface area contributed by atoms with E-state index < -0.39 is 17.6 Å². The van der Waals surface area contributed by atoms with Crippen molar-refractivity contribution in [2.24, 2.45) is 0 Å². The lowest BCUT2D eigenvalue weighted by molar-refractivity contribution is -0.137. The summed E-state index contributed by atoms with van der Waals surface area (Å²) in [6.45, 7) is 0.731. The molecule has 2 nitrogen and oxygen atoms in total. The second-order valence-corrected chi connectivity index (χ2v) is 7.46. The predicted octanol–water partition coefficient (Wildman–Crippen LogP) is 5.67. The molecule has 2 aromatic heterocycles. The Bertz CT molecular complexity index is 790. The lowest BCUT2D eigenvalue weighted by Gasteiger charge is -2.22. The van der Waals surface area contributed by atoms with Gasteiger partial charge in [-0.25, -0.2) is 0 Å². The third kappa shape index (κ3) is 4.49. The zero-order valence-electron chi connectivity index (χ0n) is 13.0. The molecule has 0 saturated carbocycles. The minimum Gasteiger partial charge on any atom is -0.328 e. The number of halogens is 3. The van der Waals surface area contributed by atoms with E-state index >= 15 is 0 Å². The van der Waals surface area contributed by atoms with Crippen molar-refractivity contribution < 1.29 is 18.0 Å². The Hall–Kier alpha value is -2.12. The molecule has 1 amide bonds. The van der Waals surface area contributed by atoms with Gasteiger partial charge in [-0.1, -0.05) is 18.2 Å². The van der Waals surface area contributed by atoms with Gasteiger partial charge in [0.2, 0.25) is 0 Å². The number of hydrogen-bond donors (Lipinski definition) is 0. The van der Waals surface area contributed by atoms with Gasteiger partial charge >= 0.3 is 6.18 Å². The Morgan fingerprint density at radius 3 is 2.00 bits per heavy atom. The summed E-state index contributed by atoms with van der Waals surface area (Å²) >= 11 is 3.03. The van der Waals surface area contributed by atoms with E-state index in [2.05, 4.69) is 0 Å². The molecule has 0 atom stereocenters. The van der Waals surface area contributed by atoms with Gasteiger partial charge in [0.05, 0.1) is 18.7 Å². The molecular formula is C18H14F3NOS2. The summed E-state index contributed by atoms with van der Waals surface area (Å²) < 4.78 is 38.8. The van der Waals surface area contributed by atoms with Gasteiger partial charge in [-0.3, -0.25) is 4.79 Å². The molecule has 2 heterocycles. The topological polar surface area (TPSA) is 20.3 Å². The van der Waals surface area contributed by atoms with Crippen molar-refractivity contribution in [2.75, 3.05) is 0 Å². The van der Waals surface area contributed by atoms with Gasteiger partial charge in [-0.05, 0) is 41.1 Å². The SMILES string of the molecule is O=C(c1cccc(C(F)(F)F)c1)N(Cc1cccs1)Cc1cccs1. The first-order chi connectivity index (χ1) is 11.9. The summed E-state index contributed by atoms with van der Waals surface area (Å²) in [5, 5.41) is 3.82. The minimum atomic E-state index is -4.47. The normalized spacial score (nSPS) is 11.5. The second-order valence-electron chi connectivity index (χ2n) is 5.40. The standard InChI is InChI=1S/C18H14F3NOS2/c19-18(20,21)14-5-1-4-13(10-14)17(23)22(11-15-6-2-8-24-15)12-16-7-3-9-25-16/h1-10H,11-12H2. The van der Waals surface area contributed by atoms with Gasteiger partial charge < -0.3 is 4.90 Å². The van der Waals surface area contributed by atoms with Gasteiger partial charge in [0, 0.05) is 15.3 Å². The molecule has 25 heavy (non-hydrogen) atoms. The fourth-order valence-corrected chi connectivity index (χ4v) is 3.83. The summed E-state index contributed by atoms with van der Waals surface area (Å²) in [4.78, 5) is 16.4. The number of hydrogen-bond acceptors (Lipinski definition) is 3. The van der Waals surface area contributed by atoms with Crippen LogP contribution in [-0.2, 0) is 19.3 Å². The summed E-state index contributed by atoms with van der Waals surface area (Å²) in [5.74, 6) is -0.409. The molecule has 7 heteroatoms. The van der Waals surface area contributed by atoms with Gasteiger partial charge in [0.25, 0.3) is 5.91 Å². The van der Waals surface area contributed by atoms with E-state index in [4.69, 9.17) is 0 Å². The van der Waals surface area contributed by atoms with Crippen molar-refractivity contribution >= 4 is 28.6 Å². The molecule has 1 aromatic carbocycles. The average Bonchev–Trinajstić information content (AvgIpc) is 3.27. The van der Waals surface area contributed by atoms with Crippen LogP contribution in [0.15, 0.2) is 59.3 Å². The second kappa shape index (κ2) is 7.41. The smallest absolute Gasteiger partial charge is 0.328 e. The van der Waals surface area contributed by atoms with Crippen LogP contribution in [0.1, 0.15) is 25.7 Å². The number of carbonyl (C=O) groups excluding carboxylic acids is 1. The van der Waals surface area contributed by atoms with E-state index in [1.54, 1.807) is 4.90 Å². The molecule has 0 N–H and O–H groups in total. The van der Waals surface area contributed by atoms with Crippen molar-refractivity contribution in [3.05, 3.63) is 80.2 Å². The summed E-state index contributed by atoms with van der Waals surface area (Å²) in [6, 6.07) is 12.2. The third-order valence-electron chi connectivity index (χ3n) is 3.58. The Morgan fingerprint density at radius 1 is 0.920 bits per heavy atom. The maximum Gasteiger partial charge on any atom is 0.416 e. The largest absolute Gasteiger partial charge is 0.416 e. The molecule has 3 rings (SSSR count). The molecule has 130 valence electrons. The van der Waals surface area contributed by atoms with Gasteiger partial charge in [0.15, 0.2) is 0 Å². The van der Waals surface area contributed by atoms with Crippen LogP contribution in [0.5, 0.6) is 0 Å². The Labute approximate surface area is 151 Å². The van der Waals surface area contributed by atoms with E-state index in [-0.39, 0.29) is 5.56 Å². The highest BCUT2D eigenvalue weighted by Gasteiger charge is 2.31. The summed E-state index contributed by atoms with van der Waals surface area (Å²) in [7, 11) is 0. The molecule has 0 spiro atoms. The number of nitrogens with zero attached hydrogens (tertiary/aromatic N) is 1. The first-order valence-electron chi connectivity index (χ1n) is 7.45. The van der Waals surface area contributed by atoms with Crippen molar-refractivity contribution in [3.8, 4) is 0 Å². The van der Waals surface area contributed by atoms with Gasteiger partial charge in [0.1, 0.15) is 0 Å². The van der Waals surface area contributed by atoms with Crippen molar-refractivity contribution in [1.29, 1.82) is 0 Å². The monoisotopic (exact) mass is 381 g/mol. The highest BCUT2D eigenvalue weighted by molar-refractivity contribution is 7.10.